The highest BCUT2D eigenvalue weighted by atomic mass is 32.2. The number of rotatable bonds is 3. The molecule has 0 amide bonds. The predicted molar refractivity (Wildman–Crippen MR) is 84.4 cm³/mol. The lowest BCUT2D eigenvalue weighted by Gasteiger charge is -2.15. The predicted octanol–water partition coefficient (Wildman–Crippen LogP) is 3.29. The van der Waals surface area contributed by atoms with E-state index < -0.39 is 50.1 Å². The van der Waals surface area contributed by atoms with Crippen LogP contribution in [0.4, 0.5) is 13.2 Å². The zero-order valence-electron chi connectivity index (χ0n) is 13.3. The van der Waals surface area contributed by atoms with Crippen molar-refractivity contribution in [3.05, 3.63) is 52.8 Å². The van der Waals surface area contributed by atoms with Crippen molar-refractivity contribution in [2.45, 2.75) is 23.3 Å². The number of aliphatic hydroxyl groups is 1. The number of hydrogen-bond acceptors (Lipinski definition) is 5. The molecule has 2 aromatic carbocycles. The minimum atomic E-state index is -3.87. The molecule has 1 aliphatic carbocycles. The van der Waals surface area contributed by atoms with Crippen LogP contribution in [0, 0.1) is 17.1 Å². The number of nitriles is 1. The Bertz CT molecular complexity index is 1030. The Morgan fingerprint density at radius 2 is 1.88 bits per heavy atom. The fourth-order valence-electron chi connectivity index (χ4n) is 2.89. The van der Waals surface area contributed by atoms with Gasteiger partial charge in [0, 0.05) is 23.4 Å². The van der Waals surface area contributed by atoms with Crippen LogP contribution in [0.1, 0.15) is 29.0 Å². The number of sulfone groups is 1. The van der Waals surface area contributed by atoms with Gasteiger partial charge >= 0.3 is 0 Å². The van der Waals surface area contributed by atoms with Crippen LogP contribution in [0.25, 0.3) is 0 Å². The van der Waals surface area contributed by atoms with Crippen molar-refractivity contribution in [1.82, 2.24) is 0 Å². The van der Waals surface area contributed by atoms with Gasteiger partial charge in [-0.15, -0.1) is 0 Å². The summed E-state index contributed by atoms with van der Waals surface area (Å²) in [6.07, 6.45) is -5.81. The maximum atomic E-state index is 14.4. The molecule has 0 aliphatic heterocycles. The highest BCUT2D eigenvalue weighted by Gasteiger charge is 2.45. The van der Waals surface area contributed by atoms with E-state index in [2.05, 4.69) is 0 Å². The summed E-state index contributed by atoms with van der Waals surface area (Å²) in [6, 6.07) is 6.96. The minimum Gasteiger partial charge on any atom is -0.457 e. The van der Waals surface area contributed by atoms with E-state index in [0.29, 0.717) is 0 Å². The number of hydrogen-bond donors (Lipinski definition) is 1. The van der Waals surface area contributed by atoms with E-state index in [1.54, 1.807) is 6.07 Å². The molecule has 0 saturated carbocycles. The van der Waals surface area contributed by atoms with Gasteiger partial charge in [-0.2, -0.15) is 5.26 Å². The van der Waals surface area contributed by atoms with Crippen molar-refractivity contribution in [2.75, 3.05) is 6.26 Å². The van der Waals surface area contributed by atoms with E-state index in [4.69, 9.17) is 10.00 Å². The molecule has 1 N–H and O–H groups in total. The zero-order chi connectivity index (χ0) is 19.2. The summed E-state index contributed by atoms with van der Waals surface area (Å²) < 4.78 is 71.0. The molecule has 9 heteroatoms. The van der Waals surface area contributed by atoms with Crippen LogP contribution in [0.15, 0.2) is 35.2 Å². The standard InChI is InChI=1S/C17H12F3NO4S/c1-26(23,24)12-3-2-11(13-14(12)17(22)16(20)15(13)19)25-10-5-8(7-21)4-9(18)6-10/h2-6,15-17,22H,1H3/t15-,16-,17-/m1/s1. The van der Waals surface area contributed by atoms with Gasteiger partial charge in [-0.1, -0.05) is 0 Å². The van der Waals surface area contributed by atoms with Gasteiger partial charge in [-0.05, 0) is 24.3 Å². The van der Waals surface area contributed by atoms with Crippen LogP contribution in [0.3, 0.4) is 0 Å². The van der Waals surface area contributed by atoms with Crippen LogP contribution in [0.5, 0.6) is 11.5 Å². The molecule has 26 heavy (non-hydrogen) atoms. The van der Waals surface area contributed by atoms with E-state index >= 15 is 0 Å². The summed E-state index contributed by atoms with van der Waals surface area (Å²) in [7, 11) is -3.87. The topological polar surface area (TPSA) is 87.4 Å². The SMILES string of the molecule is CS(=O)(=O)c1ccc(Oc2cc(F)cc(C#N)c2)c2c1[C@@H](O)[C@H](F)[C@@H]2F. The van der Waals surface area contributed by atoms with Crippen LogP contribution < -0.4 is 4.74 Å². The Hall–Kier alpha value is -2.57. The first-order valence-electron chi connectivity index (χ1n) is 7.35. The molecule has 2 aromatic rings. The van der Waals surface area contributed by atoms with Gasteiger partial charge < -0.3 is 9.84 Å². The molecule has 3 atom stereocenters. The Labute approximate surface area is 147 Å². The third-order valence-electron chi connectivity index (χ3n) is 3.99. The normalized spacial score (nSPS) is 21.9. The van der Waals surface area contributed by atoms with Gasteiger partial charge in [-0.25, -0.2) is 21.6 Å². The number of benzene rings is 2. The second-order valence-electron chi connectivity index (χ2n) is 5.84. The van der Waals surface area contributed by atoms with Crippen LogP contribution in [0.2, 0.25) is 0 Å². The maximum Gasteiger partial charge on any atom is 0.175 e. The van der Waals surface area contributed by atoms with E-state index in [-0.39, 0.29) is 17.1 Å². The minimum absolute atomic E-state index is 0.0513. The first-order chi connectivity index (χ1) is 12.1. The first-order valence-corrected chi connectivity index (χ1v) is 9.24. The van der Waals surface area contributed by atoms with Gasteiger partial charge in [0.1, 0.15) is 23.4 Å². The average Bonchev–Trinajstić information content (AvgIpc) is 2.79. The lowest BCUT2D eigenvalue weighted by Crippen LogP contribution is -2.11. The smallest absolute Gasteiger partial charge is 0.175 e. The summed E-state index contributed by atoms with van der Waals surface area (Å²) in [4.78, 5) is -0.410. The number of halogens is 3. The average molecular weight is 383 g/mol. The highest BCUT2D eigenvalue weighted by Crippen LogP contribution is 2.50. The molecule has 3 rings (SSSR count). The number of fused-ring (bicyclic) bond motifs is 1. The molecular formula is C17H12F3NO4S. The summed E-state index contributed by atoms with van der Waals surface area (Å²) in [5.41, 5.74) is -0.915. The first kappa shape index (κ1) is 18.2. The molecule has 0 saturated heterocycles. The van der Waals surface area contributed by atoms with Crippen molar-refractivity contribution < 1.29 is 31.4 Å². The second kappa shape index (κ2) is 6.30. The molecule has 1 aliphatic rings. The molecule has 0 unspecified atom stereocenters. The Morgan fingerprint density at radius 3 is 2.50 bits per heavy atom. The molecule has 136 valence electrons. The largest absolute Gasteiger partial charge is 0.457 e. The fraction of sp³-hybridized carbons (Fsp3) is 0.235. The van der Waals surface area contributed by atoms with Gasteiger partial charge in [-0.3, -0.25) is 0 Å². The Kier molecular flexibility index (Phi) is 4.42. The molecule has 0 radical (unpaired) electrons. The summed E-state index contributed by atoms with van der Waals surface area (Å²) in [5.74, 6) is -1.20. The Balaban J connectivity index is 2.17. The summed E-state index contributed by atoms with van der Waals surface area (Å²) in [5, 5.41) is 18.8. The second-order valence-corrected chi connectivity index (χ2v) is 7.83. The third-order valence-corrected chi connectivity index (χ3v) is 5.14. The Morgan fingerprint density at radius 1 is 1.19 bits per heavy atom. The van der Waals surface area contributed by atoms with Gasteiger partial charge in [0.2, 0.25) is 0 Å². The lowest BCUT2D eigenvalue weighted by atomic mass is 10.1. The number of ether oxygens (including phenoxy) is 1. The van der Waals surface area contributed by atoms with E-state index in [1.807, 2.05) is 0 Å². The fourth-order valence-corrected chi connectivity index (χ4v) is 3.84. The molecule has 0 fully saturated rings. The molecule has 0 heterocycles. The van der Waals surface area contributed by atoms with Crippen molar-refractivity contribution in [3.8, 4) is 17.6 Å². The van der Waals surface area contributed by atoms with Crippen LogP contribution >= 0.6 is 0 Å². The lowest BCUT2D eigenvalue weighted by molar-refractivity contribution is 0.0454. The van der Waals surface area contributed by atoms with E-state index in [9.17, 15) is 26.7 Å². The zero-order valence-corrected chi connectivity index (χ0v) is 14.1. The molecule has 0 spiro atoms. The van der Waals surface area contributed by atoms with E-state index in [1.165, 1.54) is 6.07 Å². The van der Waals surface area contributed by atoms with Crippen molar-refractivity contribution in [1.29, 1.82) is 5.26 Å². The highest BCUT2D eigenvalue weighted by molar-refractivity contribution is 7.90. The van der Waals surface area contributed by atoms with Crippen LogP contribution in [-0.4, -0.2) is 26.0 Å². The van der Waals surface area contributed by atoms with Gasteiger partial charge in [0.05, 0.1) is 16.5 Å². The number of aliphatic hydroxyl groups excluding tert-OH is 1. The van der Waals surface area contributed by atoms with Crippen molar-refractivity contribution in [3.63, 3.8) is 0 Å². The molecule has 0 bridgehead atoms. The third kappa shape index (κ3) is 3.02. The van der Waals surface area contributed by atoms with Crippen molar-refractivity contribution in [2.24, 2.45) is 0 Å². The monoisotopic (exact) mass is 383 g/mol. The number of nitrogens with zero attached hydrogens (tertiary/aromatic N) is 1. The van der Waals surface area contributed by atoms with Gasteiger partial charge in [0.25, 0.3) is 0 Å². The molecule has 5 nitrogen and oxygen atoms in total. The number of alkyl halides is 2. The summed E-state index contributed by atoms with van der Waals surface area (Å²) in [6.45, 7) is 0. The molecular weight excluding hydrogens is 371 g/mol. The quantitative estimate of drug-likeness (QED) is 0.879. The molecule has 0 aromatic heterocycles. The van der Waals surface area contributed by atoms with Crippen LogP contribution in [-0.2, 0) is 9.84 Å². The van der Waals surface area contributed by atoms with Gasteiger partial charge in [0.15, 0.2) is 22.2 Å². The maximum absolute atomic E-state index is 14.4. The van der Waals surface area contributed by atoms with E-state index in [0.717, 1.165) is 30.5 Å². The van der Waals surface area contributed by atoms with Crippen molar-refractivity contribution >= 4 is 9.84 Å². The summed E-state index contributed by atoms with van der Waals surface area (Å²) >= 11 is 0.